The minimum atomic E-state index is -0.0544. The molecular formula is C9H17NOSe. The summed E-state index contributed by atoms with van der Waals surface area (Å²) in [7, 11) is 0. The van der Waals surface area contributed by atoms with Crippen LogP contribution in [-0.4, -0.2) is 27.4 Å². The maximum absolute atomic E-state index is 10.7. The molecule has 0 bridgehead atoms. The summed E-state index contributed by atoms with van der Waals surface area (Å²) in [5, 5.41) is 5.25. The van der Waals surface area contributed by atoms with Crippen molar-refractivity contribution in [2.24, 2.45) is 0 Å². The maximum atomic E-state index is 10.7. The molecule has 0 aromatic rings. The molecule has 0 spiro atoms. The van der Waals surface area contributed by atoms with Gasteiger partial charge < -0.3 is 0 Å². The fraction of sp³-hybridized carbons (Fsp3) is 0.667. The van der Waals surface area contributed by atoms with E-state index in [1.807, 2.05) is 0 Å². The predicted molar refractivity (Wildman–Crippen MR) is 53.5 cm³/mol. The Balaban J connectivity index is 3.00. The fourth-order valence-electron chi connectivity index (χ4n) is 0.667. The molecule has 0 heterocycles. The SMILES string of the molecule is C=CC(=O)NCC[Se]CCCC. The van der Waals surface area contributed by atoms with Gasteiger partial charge in [0.1, 0.15) is 0 Å². The fourth-order valence-corrected chi connectivity index (χ4v) is 2.65. The van der Waals surface area contributed by atoms with Crippen LogP contribution in [0.25, 0.3) is 0 Å². The van der Waals surface area contributed by atoms with Crippen LogP contribution in [0.2, 0.25) is 10.6 Å². The molecule has 0 aliphatic carbocycles. The normalized spacial score (nSPS) is 9.42. The quantitative estimate of drug-likeness (QED) is 0.405. The van der Waals surface area contributed by atoms with E-state index in [1.165, 1.54) is 24.2 Å². The summed E-state index contributed by atoms with van der Waals surface area (Å²) >= 11 is 0.713. The Morgan fingerprint density at radius 3 is 2.92 bits per heavy atom. The van der Waals surface area contributed by atoms with Gasteiger partial charge >= 0.3 is 80.6 Å². The molecule has 1 amide bonds. The van der Waals surface area contributed by atoms with Crippen LogP contribution in [0.15, 0.2) is 12.7 Å². The number of hydrogen-bond acceptors (Lipinski definition) is 1. The van der Waals surface area contributed by atoms with Gasteiger partial charge in [-0.3, -0.25) is 0 Å². The van der Waals surface area contributed by atoms with Crippen molar-refractivity contribution in [2.75, 3.05) is 6.54 Å². The van der Waals surface area contributed by atoms with Crippen molar-refractivity contribution in [3.63, 3.8) is 0 Å². The Morgan fingerprint density at radius 2 is 2.33 bits per heavy atom. The molecule has 0 aliphatic heterocycles. The zero-order valence-corrected chi connectivity index (χ0v) is 9.35. The Kier molecular flexibility index (Phi) is 8.62. The standard InChI is InChI=1S/C9H17NOSe/c1-3-5-7-12-8-6-10-9(11)4-2/h4H,2-3,5-8H2,1H3,(H,10,11). The number of hydrogen-bond donors (Lipinski definition) is 1. The molecule has 0 aliphatic rings. The van der Waals surface area contributed by atoms with E-state index < -0.39 is 0 Å². The number of unbranched alkanes of at least 4 members (excludes halogenated alkanes) is 1. The van der Waals surface area contributed by atoms with Crippen LogP contribution < -0.4 is 5.32 Å². The van der Waals surface area contributed by atoms with Crippen LogP contribution >= 0.6 is 0 Å². The van der Waals surface area contributed by atoms with Crippen molar-refractivity contribution < 1.29 is 4.79 Å². The van der Waals surface area contributed by atoms with Crippen molar-refractivity contribution in [1.82, 2.24) is 5.32 Å². The molecule has 0 fully saturated rings. The zero-order chi connectivity index (χ0) is 9.23. The van der Waals surface area contributed by atoms with Gasteiger partial charge in [0.05, 0.1) is 0 Å². The number of carbonyl (C=O) groups excluding carboxylic acids is 1. The zero-order valence-electron chi connectivity index (χ0n) is 7.64. The van der Waals surface area contributed by atoms with E-state index in [-0.39, 0.29) is 5.91 Å². The molecule has 0 aromatic heterocycles. The second-order valence-corrected chi connectivity index (χ2v) is 5.03. The molecular weight excluding hydrogens is 217 g/mol. The second-order valence-electron chi connectivity index (χ2n) is 2.46. The molecule has 0 saturated carbocycles. The van der Waals surface area contributed by atoms with Gasteiger partial charge in [-0.1, -0.05) is 0 Å². The third kappa shape index (κ3) is 7.83. The van der Waals surface area contributed by atoms with E-state index >= 15 is 0 Å². The van der Waals surface area contributed by atoms with E-state index in [2.05, 4.69) is 18.8 Å². The molecule has 0 atom stereocenters. The van der Waals surface area contributed by atoms with Gasteiger partial charge in [0, 0.05) is 0 Å². The number of amides is 1. The Bertz CT molecular complexity index is 136. The van der Waals surface area contributed by atoms with E-state index in [4.69, 9.17) is 0 Å². The first kappa shape index (κ1) is 11.7. The van der Waals surface area contributed by atoms with E-state index in [9.17, 15) is 4.79 Å². The van der Waals surface area contributed by atoms with Gasteiger partial charge in [-0.2, -0.15) is 0 Å². The molecule has 0 saturated heterocycles. The van der Waals surface area contributed by atoms with Gasteiger partial charge in [0.2, 0.25) is 0 Å². The monoisotopic (exact) mass is 235 g/mol. The van der Waals surface area contributed by atoms with Gasteiger partial charge in [-0.25, -0.2) is 0 Å². The van der Waals surface area contributed by atoms with Gasteiger partial charge in [-0.15, -0.1) is 0 Å². The summed E-state index contributed by atoms with van der Waals surface area (Å²) in [6.07, 6.45) is 3.93. The van der Waals surface area contributed by atoms with Crippen LogP contribution in [0, 0.1) is 0 Å². The number of nitrogens with one attached hydrogen (secondary N) is 1. The third-order valence-electron chi connectivity index (χ3n) is 1.37. The van der Waals surface area contributed by atoms with Crippen molar-refractivity contribution in [2.45, 2.75) is 30.4 Å². The van der Waals surface area contributed by atoms with Gasteiger partial charge in [0.25, 0.3) is 0 Å². The van der Waals surface area contributed by atoms with Crippen LogP contribution in [0.1, 0.15) is 19.8 Å². The van der Waals surface area contributed by atoms with Crippen molar-refractivity contribution >= 4 is 20.9 Å². The van der Waals surface area contributed by atoms with Crippen molar-refractivity contribution in [3.05, 3.63) is 12.7 Å². The first-order valence-electron chi connectivity index (χ1n) is 4.29. The summed E-state index contributed by atoms with van der Waals surface area (Å²) in [6, 6.07) is 0. The molecule has 70 valence electrons. The molecule has 2 nitrogen and oxygen atoms in total. The molecule has 0 unspecified atom stereocenters. The number of rotatable bonds is 7. The summed E-state index contributed by atoms with van der Waals surface area (Å²) in [4.78, 5) is 10.7. The van der Waals surface area contributed by atoms with Crippen LogP contribution in [0.4, 0.5) is 0 Å². The minimum absolute atomic E-state index is 0.0544. The second kappa shape index (κ2) is 8.82. The molecule has 3 heteroatoms. The van der Waals surface area contributed by atoms with E-state index in [1.54, 1.807) is 0 Å². The molecule has 0 aromatic carbocycles. The van der Waals surface area contributed by atoms with Crippen LogP contribution in [-0.2, 0) is 4.79 Å². The first-order chi connectivity index (χ1) is 5.81. The molecule has 0 rings (SSSR count). The molecule has 1 N–H and O–H groups in total. The first-order valence-corrected chi connectivity index (χ1v) is 6.71. The number of carbonyl (C=O) groups is 1. The van der Waals surface area contributed by atoms with Crippen LogP contribution in [0.5, 0.6) is 0 Å². The third-order valence-corrected chi connectivity index (χ3v) is 3.62. The van der Waals surface area contributed by atoms with Gasteiger partial charge in [-0.05, 0) is 0 Å². The molecule has 12 heavy (non-hydrogen) atoms. The van der Waals surface area contributed by atoms with E-state index in [0.717, 1.165) is 11.9 Å². The summed E-state index contributed by atoms with van der Waals surface area (Å²) in [6.45, 7) is 6.40. The van der Waals surface area contributed by atoms with Crippen molar-refractivity contribution in [3.8, 4) is 0 Å². The Hall–Kier alpha value is -0.271. The Labute approximate surface area is 81.0 Å². The summed E-state index contributed by atoms with van der Waals surface area (Å²) in [5.74, 6) is -0.0544. The predicted octanol–water partition coefficient (Wildman–Crippen LogP) is 1.63. The van der Waals surface area contributed by atoms with Crippen LogP contribution in [0.3, 0.4) is 0 Å². The molecule has 0 radical (unpaired) electrons. The topological polar surface area (TPSA) is 29.1 Å². The average Bonchev–Trinajstić information content (AvgIpc) is 2.10. The Morgan fingerprint density at radius 1 is 1.58 bits per heavy atom. The van der Waals surface area contributed by atoms with E-state index in [0.29, 0.717) is 15.0 Å². The van der Waals surface area contributed by atoms with Crippen molar-refractivity contribution in [1.29, 1.82) is 0 Å². The average molecular weight is 234 g/mol. The summed E-state index contributed by atoms with van der Waals surface area (Å²) < 4.78 is 0. The van der Waals surface area contributed by atoms with Gasteiger partial charge in [0.15, 0.2) is 0 Å². The summed E-state index contributed by atoms with van der Waals surface area (Å²) in [5.41, 5.74) is 0.